The second-order valence-electron chi connectivity index (χ2n) is 7.19. The Morgan fingerprint density at radius 1 is 1.31 bits per heavy atom. The number of amides is 1. The topological polar surface area (TPSA) is 74.1 Å². The average Bonchev–Trinajstić information content (AvgIpc) is 3.13. The maximum atomic E-state index is 11.4. The minimum absolute atomic E-state index is 0.0133. The lowest BCUT2D eigenvalue weighted by atomic mass is 9.71. The van der Waals surface area contributed by atoms with E-state index in [9.17, 15) is 4.79 Å². The first kappa shape index (κ1) is 16.6. The summed E-state index contributed by atoms with van der Waals surface area (Å²) in [7, 11) is 0. The molecular weight excluding hydrogens is 326 g/mol. The van der Waals surface area contributed by atoms with Crippen molar-refractivity contribution in [2.24, 2.45) is 5.92 Å². The molecule has 2 aromatic rings. The maximum absolute atomic E-state index is 11.4. The Morgan fingerprint density at radius 2 is 2.08 bits per heavy atom. The van der Waals surface area contributed by atoms with Gasteiger partial charge >= 0.3 is 0 Å². The molecule has 132 valence electrons. The number of benzene rings is 2. The molecule has 2 heterocycles. The average molecular weight is 347 g/mol. The summed E-state index contributed by atoms with van der Waals surface area (Å²) in [4.78, 5) is 11.4. The van der Waals surface area contributed by atoms with E-state index in [1.54, 1.807) is 0 Å². The number of nitriles is 1. The Hall–Kier alpha value is -2.84. The van der Waals surface area contributed by atoms with Crippen molar-refractivity contribution in [3.8, 4) is 6.07 Å². The first-order valence-electron chi connectivity index (χ1n) is 8.83. The molecule has 1 saturated heterocycles. The van der Waals surface area contributed by atoms with Crippen LogP contribution in [0, 0.1) is 17.2 Å². The van der Waals surface area contributed by atoms with Crippen LogP contribution >= 0.6 is 0 Å². The van der Waals surface area contributed by atoms with Gasteiger partial charge in [-0.15, -0.1) is 0 Å². The van der Waals surface area contributed by atoms with Crippen molar-refractivity contribution in [1.29, 1.82) is 5.26 Å². The number of fused-ring (bicyclic) bond motifs is 3. The number of hydrogen-bond donors (Lipinski definition) is 2. The number of anilines is 2. The highest BCUT2D eigenvalue weighted by atomic mass is 16.5. The molecule has 4 rings (SSSR count). The van der Waals surface area contributed by atoms with Crippen molar-refractivity contribution < 1.29 is 9.53 Å². The van der Waals surface area contributed by atoms with Gasteiger partial charge in [0.2, 0.25) is 5.91 Å². The van der Waals surface area contributed by atoms with Crippen LogP contribution in [0.2, 0.25) is 0 Å². The molecule has 2 N–H and O–H groups in total. The van der Waals surface area contributed by atoms with Gasteiger partial charge in [0.05, 0.1) is 23.3 Å². The van der Waals surface area contributed by atoms with Gasteiger partial charge in [-0.1, -0.05) is 12.1 Å². The molecule has 26 heavy (non-hydrogen) atoms. The largest absolute Gasteiger partial charge is 0.375 e. The summed E-state index contributed by atoms with van der Waals surface area (Å²) in [6.45, 7) is 4.42. The van der Waals surface area contributed by atoms with Crippen LogP contribution in [0.1, 0.15) is 43.1 Å². The quantitative estimate of drug-likeness (QED) is 0.863. The molecule has 2 aromatic carbocycles. The third-order valence-corrected chi connectivity index (χ3v) is 5.52. The molecular formula is C21H21N3O2. The molecule has 0 spiro atoms. The minimum Gasteiger partial charge on any atom is -0.375 e. The lowest BCUT2D eigenvalue weighted by Gasteiger charge is -2.45. The standard InChI is InChI=1S/C21H21N3O2/c1-13(25)23-16-7-8-19-17(11-16)20-18(9-10-26-20)21(2,24-19)15-5-3-14(12-22)4-6-15/h3-8,11,18,20,24H,9-10H2,1-2H3,(H,23,25). The molecule has 5 nitrogen and oxygen atoms in total. The third-order valence-electron chi connectivity index (χ3n) is 5.52. The second-order valence-corrected chi connectivity index (χ2v) is 7.19. The third kappa shape index (κ3) is 2.63. The van der Waals surface area contributed by atoms with E-state index in [0.29, 0.717) is 12.2 Å². The highest BCUT2D eigenvalue weighted by molar-refractivity contribution is 5.89. The zero-order chi connectivity index (χ0) is 18.3. The summed E-state index contributed by atoms with van der Waals surface area (Å²) in [5, 5.41) is 15.6. The molecule has 0 aliphatic carbocycles. The van der Waals surface area contributed by atoms with Crippen molar-refractivity contribution in [3.63, 3.8) is 0 Å². The van der Waals surface area contributed by atoms with E-state index in [1.165, 1.54) is 6.92 Å². The maximum Gasteiger partial charge on any atom is 0.221 e. The van der Waals surface area contributed by atoms with Gasteiger partial charge in [0.1, 0.15) is 0 Å². The summed E-state index contributed by atoms with van der Waals surface area (Å²) in [6, 6.07) is 15.9. The smallest absolute Gasteiger partial charge is 0.221 e. The van der Waals surface area contributed by atoms with E-state index < -0.39 is 0 Å². The van der Waals surface area contributed by atoms with Gasteiger partial charge in [-0.05, 0) is 49.2 Å². The van der Waals surface area contributed by atoms with Crippen molar-refractivity contribution in [2.45, 2.75) is 31.9 Å². The fourth-order valence-corrected chi connectivity index (χ4v) is 4.23. The highest BCUT2D eigenvalue weighted by Crippen LogP contribution is 2.53. The van der Waals surface area contributed by atoms with Gasteiger partial charge in [-0.25, -0.2) is 0 Å². The van der Waals surface area contributed by atoms with Crippen molar-refractivity contribution in [2.75, 3.05) is 17.2 Å². The number of carbonyl (C=O) groups is 1. The molecule has 1 amide bonds. The van der Waals surface area contributed by atoms with Crippen molar-refractivity contribution in [3.05, 3.63) is 59.2 Å². The van der Waals surface area contributed by atoms with Crippen molar-refractivity contribution >= 4 is 17.3 Å². The molecule has 0 radical (unpaired) electrons. The minimum atomic E-state index is -0.280. The summed E-state index contributed by atoms with van der Waals surface area (Å²) < 4.78 is 6.10. The fraction of sp³-hybridized carbons (Fsp3) is 0.333. The zero-order valence-electron chi connectivity index (χ0n) is 14.9. The molecule has 0 aromatic heterocycles. The number of carbonyl (C=O) groups excluding carboxylic acids is 1. The molecule has 2 aliphatic heterocycles. The fourth-order valence-electron chi connectivity index (χ4n) is 4.23. The number of rotatable bonds is 2. The Morgan fingerprint density at radius 3 is 2.77 bits per heavy atom. The van der Waals surface area contributed by atoms with Crippen LogP contribution in [0.5, 0.6) is 0 Å². The number of hydrogen-bond acceptors (Lipinski definition) is 4. The molecule has 3 atom stereocenters. The molecule has 0 saturated carbocycles. The van der Waals surface area contributed by atoms with E-state index in [-0.39, 0.29) is 23.5 Å². The first-order valence-corrected chi connectivity index (χ1v) is 8.83. The van der Waals surface area contributed by atoms with Crippen LogP contribution in [0.15, 0.2) is 42.5 Å². The van der Waals surface area contributed by atoms with Gasteiger partial charge in [-0.2, -0.15) is 5.26 Å². The van der Waals surface area contributed by atoms with E-state index in [2.05, 4.69) is 23.6 Å². The van der Waals surface area contributed by atoms with Gasteiger partial charge in [0.15, 0.2) is 0 Å². The van der Waals surface area contributed by atoms with Crippen LogP contribution in [-0.2, 0) is 15.1 Å². The number of nitrogens with zero attached hydrogens (tertiary/aromatic N) is 1. The SMILES string of the molecule is CC(=O)Nc1ccc2c(c1)C1OCCC1C(C)(c1ccc(C#N)cc1)N2. The van der Waals surface area contributed by atoms with Gasteiger partial charge in [-0.3, -0.25) is 4.79 Å². The van der Waals surface area contributed by atoms with Crippen LogP contribution < -0.4 is 10.6 Å². The molecule has 2 aliphatic rings. The molecule has 3 unspecified atom stereocenters. The summed E-state index contributed by atoms with van der Waals surface area (Å²) in [5.74, 6) is 0.190. The predicted molar refractivity (Wildman–Crippen MR) is 99.7 cm³/mol. The van der Waals surface area contributed by atoms with Crippen LogP contribution in [0.3, 0.4) is 0 Å². The second kappa shape index (κ2) is 6.15. The number of ether oxygens (including phenoxy) is 1. The van der Waals surface area contributed by atoms with Gasteiger partial charge < -0.3 is 15.4 Å². The van der Waals surface area contributed by atoms with Gasteiger partial charge in [0, 0.05) is 36.4 Å². The Labute approximate surface area is 153 Å². The van der Waals surface area contributed by atoms with Crippen LogP contribution in [-0.4, -0.2) is 12.5 Å². The predicted octanol–water partition coefficient (Wildman–Crippen LogP) is 3.94. The number of nitrogens with one attached hydrogen (secondary N) is 2. The molecule has 5 heteroatoms. The molecule has 0 bridgehead atoms. The highest BCUT2D eigenvalue weighted by Gasteiger charge is 2.48. The lowest BCUT2D eigenvalue weighted by Crippen LogP contribution is -2.44. The Balaban J connectivity index is 1.76. The van der Waals surface area contributed by atoms with Gasteiger partial charge in [0.25, 0.3) is 0 Å². The van der Waals surface area contributed by atoms with Crippen LogP contribution in [0.25, 0.3) is 0 Å². The summed E-state index contributed by atoms with van der Waals surface area (Å²) in [5.41, 5.74) is 4.42. The van der Waals surface area contributed by atoms with E-state index in [0.717, 1.165) is 28.9 Å². The monoisotopic (exact) mass is 347 g/mol. The summed E-state index contributed by atoms with van der Waals surface area (Å²) >= 11 is 0. The van der Waals surface area contributed by atoms with Crippen molar-refractivity contribution in [1.82, 2.24) is 0 Å². The van der Waals surface area contributed by atoms with E-state index in [4.69, 9.17) is 10.00 Å². The molecule has 1 fully saturated rings. The Kier molecular flexibility index (Phi) is 3.93. The first-order chi connectivity index (χ1) is 12.5. The normalized spacial score (nSPS) is 26.2. The van der Waals surface area contributed by atoms with E-state index in [1.807, 2.05) is 42.5 Å². The van der Waals surface area contributed by atoms with E-state index >= 15 is 0 Å². The summed E-state index contributed by atoms with van der Waals surface area (Å²) in [6.07, 6.45) is 0.943. The Bertz CT molecular complexity index is 900. The zero-order valence-corrected chi connectivity index (χ0v) is 14.9. The lowest BCUT2D eigenvalue weighted by molar-refractivity contribution is -0.114. The van der Waals surface area contributed by atoms with Crippen LogP contribution in [0.4, 0.5) is 11.4 Å².